The zero-order valence-corrected chi connectivity index (χ0v) is 16.6. The lowest BCUT2D eigenvalue weighted by molar-refractivity contribution is 0.0825. The molecule has 0 aromatic heterocycles. The minimum Gasteiger partial charge on any atom is -0.394 e. The Morgan fingerprint density at radius 3 is 0.778 bits per heavy atom. The average Bonchev–Trinajstić information content (AvgIpc) is 2.71. The Kier molecular flexibility index (Phi) is 42.4. The van der Waals surface area contributed by atoms with Crippen LogP contribution in [0.3, 0.4) is 0 Å². The van der Waals surface area contributed by atoms with Crippen LogP contribution in [0.15, 0.2) is 0 Å². The first-order chi connectivity index (χ1) is 13.2. The van der Waals surface area contributed by atoms with E-state index in [1.54, 1.807) is 0 Å². The highest BCUT2D eigenvalue weighted by molar-refractivity contribution is 4.43. The number of unbranched alkanes of at least 4 members (excludes halogenated alkanes) is 4. The van der Waals surface area contributed by atoms with Gasteiger partial charge in [0.25, 0.3) is 0 Å². The Labute approximate surface area is 163 Å². The van der Waals surface area contributed by atoms with Gasteiger partial charge in [0.15, 0.2) is 0 Å². The van der Waals surface area contributed by atoms with Crippen molar-refractivity contribution in [3.8, 4) is 0 Å². The lowest BCUT2D eigenvalue weighted by Crippen LogP contribution is -2.03. The lowest BCUT2D eigenvalue weighted by atomic mass is 10.2. The Morgan fingerprint density at radius 2 is 0.556 bits per heavy atom. The van der Waals surface area contributed by atoms with Crippen LogP contribution in [-0.2, 0) is 14.2 Å². The topological polar surface area (TPSA) is 149 Å². The monoisotopic (exact) mass is 402 g/mol. The molecule has 0 aromatic rings. The van der Waals surface area contributed by atoms with Gasteiger partial charge in [0.1, 0.15) is 0 Å². The van der Waals surface area contributed by atoms with Gasteiger partial charge in [-0.15, -0.1) is 0 Å². The predicted octanol–water partition coefficient (Wildman–Crippen LogP) is -0.697. The third-order valence-electron chi connectivity index (χ3n) is 2.83. The largest absolute Gasteiger partial charge is 0.394 e. The molecule has 0 spiro atoms. The second-order valence-electron chi connectivity index (χ2n) is 5.30. The van der Waals surface area contributed by atoms with Crippen molar-refractivity contribution < 1.29 is 44.8 Å². The highest BCUT2D eigenvalue weighted by atomic mass is 16.5. The van der Waals surface area contributed by atoms with Gasteiger partial charge in [-0.05, 0) is 38.5 Å². The molecule has 0 unspecified atom stereocenters. The minimum absolute atomic E-state index is 0.105. The molecule has 0 aromatic carbocycles. The number of hydrogen-bond donors (Lipinski definition) is 6. The highest BCUT2D eigenvalue weighted by Crippen LogP contribution is 2.00. The number of ether oxygens (including phenoxy) is 3. The zero-order valence-electron chi connectivity index (χ0n) is 16.6. The summed E-state index contributed by atoms with van der Waals surface area (Å²) >= 11 is 0. The van der Waals surface area contributed by atoms with Crippen LogP contribution in [0.4, 0.5) is 0 Å². The average molecular weight is 403 g/mol. The summed E-state index contributed by atoms with van der Waals surface area (Å²) in [7, 11) is 0. The normalized spacial score (nSPS) is 10.0. The summed E-state index contributed by atoms with van der Waals surface area (Å²) < 4.78 is 15.9. The van der Waals surface area contributed by atoms with Gasteiger partial charge < -0.3 is 44.8 Å². The molecule has 0 saturated heterocycles. The molecule has 0 rings (SSSR count). The summed E-state index contributed by atoms with van der Waals surface area (Å²) in [6, 6.07) is 0. The molecular formula is C18H42O9. The van der Waals surface area contributed by atoms with Gasteiger partial charge in [-0.2, -0.15) is 0 Å². The number of aliphatic hydroxyl groups excluding tert-OH is 6. The second kappa shape index (κ2) is 36.5. The van der Waals surface area contributed by atoms with Gasteiger partial charge in [-0.25, -0.2) is 0 Å². The fourth-order valence-electron chi connectivity index (χ4n) is 1.61. The molecule has 27 heavy (non-hydrogen) atoms. The number of hydrogen-bond acceptors (Lipinski definition) is 9. The van der Waals surface area contributed by atoms with Crippen molar-refractivity contribution in [3.63, 3.8) is 0 Å². The van der Waals surface area contributed by atoms with E-state index in [1.165, 1.54) is 0 Å². The standard InChI is InChI=1S/C14H30O5.2C2H6O2/c15-7-13-18-11-5-1-3-9-17-10-4-2-6-12-19-14-8-16;2*3-1-2-4/h15-16H,1-14H2;2*3-4H,1-2H2. The van der Waals surface area contributed by atoms with Crippen LogP contribution < -0.4 is 0 Å². The van der Waals surface area contributed by atoms with E-state index in [9.17, 15) is 0 Å². The maximum Gasteiger partial charge on any atom is 0.0697 e. The molecular weight excluding hydrogens is 360 g/mol. The molecule has 168 valence electrons. The van der Waals surface area contributed by atoms with Crippen LogP contribution in [0, 0.1) is 0 Å². The van der Waals surface area contributed by atoms with Crippen LogP contribution in [0.5, 0.6) is 0 Å². The van der Waals surface area contributed by atoms with E-state index >= 15 is 0 Å². The summed E-state index contributed by atoms with van der Waals surface area (Å²) in [4.78, 5) is 0. The summed E-state index contributed by atoms with van der Waals surface area (Å²) in [5, 5.41) is 47.5. The van der Waals surface area contributed by atoms with E-state index < -0.39 is 0 Å². The van der Waals surface area contributed by atoms with Crippen molar-refractivity contribution in [2.45, 2.75) is 38.5 Å². The zero-order chi connectivity index (χ0) is 20.8. The van der Waals surface area contributed by atoms with E-state index in [0.29, 0.717) is 13.2 Å². The van der Waals surface area contributed by atoms with Gasteiger partial charge >= 0.3 is 0 Å². The summed E-state index contributed by atoms with van der Waals surface area (Å²) in [6.07, 6.45) is 6.43. The summed E-state index contributed by atoms with van der Waals surface area (Å²) in [6.45, 7) is 3.70. The summed E-state index contributed by atoms with van der Waals surface area (Å²) in [5.74, 6) is 0. The van der Waals surface area contributed by atoms with Crippen molar-refractivity contribution >= 4 is 0 Å². The van der Waals surface area contributed by atoms with Gasteiger partial charge in [0.05, 0.1) is 52.9 Å². The SMILES string of the molecule is OCCO.OCCO.OCCOCCCCCOCCCCCOCCO. The predicted molar refractivity (Wildman–Crippen MR) is 103 cm³/mol. The molecule has 9 nitrogen and oxygen atoms in total. The van der Waals surface area contributed by atoms with E-state index in [2.05, 4.69) is 0 Å². The highest BCUT2D eigenvalue weighted by Gasteiger charge is 1.93. The molecule has 0 aliphatic carbocycles. The van der Waals surface area contributed by atoms with Crippen LogP contribution in [0.1, 0.15) is 38.5 Å². The van der Waals surface area contributed by atoms with Crippen LogP contribution in [0.2, 0.25) is 0 Å². The number of aliphatic hydroxyl groups is 6. The van der Waals surface area contributed by atoms with Gasteiger partial charge in [0, 0.05) is 26.4 Å². The Bertz CT molecular complexity index is 185. The Morgan fingerprint density at radius 1 is 0.296 bits per heavy atom. The third kappa shape index (κ3) is 46.0. The van der Waals surface area contributed by atoms with Crippen molar-refractivity contribution in [1.82, 2.24) is 0 Å². The first-order valence-electron chi connectivity index (χ1n) is 9.63. The third-order valence-corrected chi connectivity index (χ3v) is 2.83. The molecule has 9 heteroatoms. The van der Waals surface area contributed by atoms with Crippen molar-refractivity contribution in [2.24, 2.45) is 0 Å². The van der Waals surface area contributed by atoms with Gasteiger partial charge in [-0.3, -0.25) is 0 Å². The first kappa shape index (κ1) is 31.3. The second-order valence-corrected chi connectivity index (χ2v) is 5.30. The summed E-state index contributed by atoms with van der Waals surface area (Å²) in [5.41, 5.74) is 0. The molecule has 0 fully saturated rings. The molecule has 0 atom stereocenters. The molecule has 0 saturated carbocycles. The smallest absolute Gasteiger partial charge is 0.0697 e. The molecule has 0 bridgehead atoms. The number of rotatable bonds is 18. The van der Waals surface area contributed by atoms with E-state index in [1.807, 2.05) is 0 Å². The molecule has 6 N–H and O–H groups in total. The minimum atomic E-state index is -0.125. The van der Waals surface area contributed by atoms with E-state index in [0.717, 1.165) is 65.0 Å². The quantitative estimate of drug-likeness (QED) is 0.164. The Balaban J connectivity index is -0.000000603. The van der Waals surface area contributed by atoms with Crippen molar-refractivity contribution in [1.29, 1.82) is 0 Å². The molecule has 0 radical (unpaired) electrons. The van der Waals surface area contributed by atoms with Gasteiger partial charge in [-0.1, -0.05) is 0 Å². The van der Waals surface area contributed by atoms with Crippen LogP contribution in [0.25, 0.3) is 0 Å². The van der Waals surface area contributed by atoms with E-state index in [4.69, 9.17) is 44.8 Å². The Hall–Kier alpha value is -0.360. The van der Waals surface area contributed by atoms with Crippen molar-refractivity contribution in [2.75, 3.05) is 79.3 Å². The van der Waals surface area contributed by atoms with Crippen LogP contribution >= 0.6 is 0 Å². The molecule has 0 amide bonds. The molecule has 0 aliphatic rings. The molecule has 0 aliphatic heterocycles. The molecule has 0 heterocycles. The fraction of sp³-hybridized carbons (Fsp3) is 1.00. The van der Waals surface area contributed by atoms with Gasteiger partial charge in [0.2, 0.25) is 0 Å². The lowest BCUT2D eigenvalue weighted by Gasteiger charge is -2.05. The maximum atomic E-state index is 8.51. The van der Waals surface area contributed by atoms with Crippen molar-refractivity contribution in [3.05, 3.63) is 0 Å². The fourth-order valence-corrected chi connectivity index (χ4v) is 1.61. The maximum absolute atomic E-state index is 8.51. The van der Waals surface area contributed by atoms with E-state index in [-0.39, 0.29) is 39.6 Å². The first-order valence-corrected chi connectivity index (χ1v) is 9.63. The van der Waals surface area contributed by atoms with Crippen LogP contribution in [-0.4, -0.2) is 110 Å².